The second kappa shape index (κ2) is 6.80. The largest absolute Gasteiger partial charge is 0.365 e. The summed E-state index contributed by atoms with van der Waals surface area (Å²) < 4.78 is 5.78. The van der Waals surface area contributed by atoms with E-state index in [1.54, 1.807) is 12.4 Å². The molecule has 1 saturated heterocycles. The van der Waals surface area contributed by atoms with Gasteiger partial charge >= 0.3 is 0 Å². The molecule has 0 saturated carbocycles. The quantitative estimate of drug-likeness (QED) is 0.832. The van der Waals surface area contributed by atoms with Crippen molar-refractivity contribution in [3.05, 3.63) is 53.5 Å². The molecule has 1 fully saturated rings. The van der Waals surface area contributed by atoms with E-state index in [1.165, 1.54) is 11.1 Å². The van der Waals surface area contributed by atoms with E-state index in [2.05, 4.69) is 33.1 Å². The van der Waals surface area contributed by atoms with Crippen LogP contribution in [0.5, 0.6) is 0 Å². The molecule has 0 radical (unpaired) electrons. The minimum absolute atomic E-state index is 0.0693. The molecule has 6 heteroatoms. The zero-order valence-electron chi connectivity index (χ0n) is 14.4. The molecule has 4 rings (SSSR count). The molecule has 2 aliphatic rings. The predicted octanol–water partition coefficient (Wildman–Crippen LogP) is 1.58. The molecule has 130 valence electrons. The van der Waals surface area contributed by atoms with Crippen LogP contribution in [0.2, 0.25) is 0 Å². The van der Waals surface area contributed by atoms with Gasteiger partial charge < -0.3 is 14.5 Å². The van der Waals surface area contributed by atoms with Crippen LogP contribution in [0.15, 0.2) is 36.7 Å². The molecule has 6 nitrogen and oxygen atoms in total. The van der Waals surface area contributed by atoms with Crippen molar-refractivity contribution < 1.29 is 9.53 Å². The second-order valence-corrected chi connectivity index (χ2v) is 6.60. The second-order valence-electron chi connectivity index (χ2n) is 6.60. The highest BCUT2D eigenvalue weighted by atomic mass is 16.5. The van der Waals surface area contributed by atoms with Crippen molar-refractivity contribution >= 4 is 11.7 Å². The summed E-state index contributed by atoms with van der Waals surface area (Å²) in [7, 11) is 0. The van der Waals surface area contributed by atoms with Crippen molar-refractivity contribution in [2.45, 2.75) is 26.0 Å². The van der Waals surface area contributed by atoms with Crippen LogP contribution in [0.3, 0.4) is 0 Å². The third kappa shape index (κ3) is 3.35. The molecular weight excluding hydrogens is 316 g/mol. The van der Waals surface area contributed by atoms with Crippen molar-refractivity contribution in [2.24, 2.45) is 0 Å². The number of hydrogen-bond acceptors (Lipinski definition) is 5. The monoisotopic (exact) mass is 338 g/mol. The van der Waals surface area contributed by atoms with Crippen LogP contribution in [0.4, 0.5) is 5.82 Å². The zero-order chi connectivity index (χ0) is 17.2. The number of hydrogen-bond donors (Lipinski definition) is 0. The summed E-state index contributed by atoms with van der Waals surface area (Å²) in [5.41, 5.74) is 3.45. The summed E-state index contributed by atoms with van der Waals surface area (Å²) in [6, 6.07) is 8.33. The van der Waals surface area contributed by atoms with Crippen LogP contribution in [0.1, 0.15) is 16.8 Å². The highest BCUT2D eigenvalue weighted by Gasteiger charge is 2.32. The first-order valence-corrected chi connectivity index (χ1v) is 8.71. The molecule has 1 aromatic heterocycles. The topological polar surface area (TPSA) is 58.6 Å². The van der Waals surface area contributed by atoms with Crippen molar-refractivity contribution in [2.75, 3.05) is 31.1 Å². The average Bonchev–Trinajstić information content (AvgIpc) is 2.67. The van der Waals surface area contributed by atoms with E-state index in [1.807, 2.05) is 17.9 Å². The number of ether oxygens (including phenoxy) is 1. The SMILES string of the molecule is Cc1cncc(N2CCOC(C(=O)N3CCc4ccccc4C3)C2)n1. The van der Waals surface area contributed by atoms with Crippen LogP contribution in [0, 0.1) is 6.92 Å². The van der Waals surface area contributed by atoms with E-state index < -0.39 is 6.10 Å². The number of fused-ring (bicyclic) bond motifs is 1. The predicted molar refractivity (Wildman–Crippen MR) is 94.3 cm³/mol. The molecule has 2 aliphatic heterocycles. The molecule has 1 unspecified atom stereocenters. The average molecular weight is 338 g/mol. The molecule has 0 bridgehead atoms. The lowest BCUT2D eigenvalue weighted by Gasteiger charge is -2.37. The zero-order valence-corrected chi connectivity index (χ0v) is 14.4. The normalized spacial score (nSPS) is 20.3. The first-order valence-electron chi connectivity index (χ1n) is 8.71. The summed E-state index contributed by atoms with van der Waals surface area (Å²) >= 11 is 0. The van der Waals surface area contributed by atoms with Crippen LogP contribution >= 0.6 is 0 Å². The highest BCUT2D eigenvalue weighted by Crippen LogP contribution is 2.21. The Morgan fingerprint density at radius 3 is 2.88 bits per heavy atom. The lowest BCUT2D eigenvalue weighted by molar-refractivity contribution is -0.145. The Balaban J connectivity index is 1.45. The van der Waals surface area contributed by atoms with Gasteiger partial charge in [-0.15, -0.1) is 0 Å². The smallest absolute Gasteiger partial charge is 0.253 e. The Morgan fingerprint density at radius 1 is 1.20 bits per heavy atom. The van der Waals surface area contributed by atoms with Gasteiger partial charge in [0, 0.05) is 25.8 Å². The van der Waals surface area contributed by atoms with Crippen LogP contribution < -0.4 is 4.90 Å². The molecule has 2 aromatic rings. The van der Waals surface area contributed by atoms with Gasteiger partial charge in [0.2, 0.25) is 0 Å². The van der Waals surface area contributed by atoms with Crippen LogP contribution in [0.25, 0.3) is 0 Å². The fourth-order valence-electron chi connectivity index (χ4n) is 3.50. The van der Waals surface area contributed by atoms with Crippen LogP contribution in [-0.4, -0.2) is 53.1 Å². The molecule has 1 atom stereocenters. The number of rotatable bonds is 2. The van der Waals surface area contributed by atoms with Gasteiger partial charge in [0.15, 0.2) is 6.10 Å². The first kappa shape index (κ1) is 16.0. The highest BCUT2D eigenvalue weighted by molar-refractivity contribution is 5.82. The number of nitrogens with zero attached hydrogens (tertiary/aromatic N) is 4. The number of anilines is 1. The van der Waals surface area contributed by atoms with E-state index in [0.29, 0.717) is 19.7 Å². The summed E-state index contributed by atoms with van der Waals surface area (Å²) in [4.78, 5) is 25.7. The Bertz CT molecular complexity index is 780. The number of aryl methyl sites for hydroxylation is 1. The van der Waals surface area contributed by atoms with E-state index in [0.717, 1.165) is 31.0 Å². The van der Waals surface area contributed by atoms with Gasteiger partial charge in [-0.25, -0.2) is 4.98 Å². The lowest BCUT2D eigenvalue weighted by atomic mass is 9.99. The summed E-state index contributed by atoms with van der Waals surface area (Å²) in [6.07, 6.45) is 3.94. The lowest BCUT2D eigenvalue weighted by Crippen LogP contribution is -2.52. The van der Waals surface area contributed by atoms with Gasteiger partial charge in [-0.3, -0.25) is 9.78 Å². The van der Waals surface area contributed by atoms with Gasteiger partial charge in [0.25, 0.3) is 5.91 Å². The number of amides is 1. The van der Waals surface area contributed by atoms with Crippen LogP contribution in [-0.2, 0) is 22.5 Å². The number of carbonyl (C=O) groups is 1. The Labute approximate surface area is 147 Å². The van der Waals surface area contributed by atoms with E-state index in [9.17, 15) is 4.79 Å². The summed E-state index contributed by atoms with van der Waals surface area (Å²) in [6.45, 7) is 5.11. The van der Waals surface area contributed by atoms with Gasteiger partial charge in [-0.1, -0.05) is 24.3 Å². The standard InChI is InChI=1S/C19H22N4O2/c1-14-10-20-11-18(21-14)22-8-9-25-17(13-22)19(24)23-7-6-15-4-2-3-5-16(15)12-23/h2-5,10-11,17H,6-9,12-13H2,1H3. The summed E-state index contributed by atoms with van der Waals surface area (Å²) in [5.74, 6) is 0.880. The summed E-state index contributed by atoms with van der Waals surface area (Å²) in [5, 5.41) is 0. The number of benzene rings is 1. The van der Waals surface area contributed by atoms with Crippen molar-refractivity contribution in [3.63, 3.8) is 0 Å². The van der Waals surface area contributed by atoms with Crippen molar-refractivity contribution in [1.82, 2.24) is 14.9 Å². The fourth-order valence-corrected chi connectivity index (χ4v) is 3.50. The molecule has 3 heterocycles. The maximum absolute atomic E-state index is 12.9. The van der Waals surface area contributed by atoms with E-state index in [4.69, 9.17) is 4.74 Å². The van der Waals surface area contributed by atoms with Gasteiger partial charge in [0.1, 0.15) is 5.82 Å². The maximum atomic E-state index is 12.9. The minimum Gasteiger partial charge on any atom is -0.365 e. The van der Waals surface area contributed by atoms with Gasteiger partial charge in [-0.2, -0.15) is 0 Å². The van der Waals surface area contributed by atoms with Gasteiger partial charge in [0.05, 0.1) is 25.0 Å². The number of carbonyl (C=O) groups excluding carboxylic acids is 1. The van der Waals surface area contributed by atoms with E-state index in [-0.39, 0.29) is 5.91 Å². The molecule has 25 heavy (non-hydrogen) atoms. The Morgan fingerprint density at radius 2 is 2.04 bits per heavy atom. The molecule has 1 aromatic carbocycles. The molecule has 0 spiro atoms. The molecule has 0 aliphatic carbocycles. The first-order chi connectivity index (χ1) is 12.2. The maximum Gasteiger partial charge on any atom is 0.253 e. The number of aromatic nitrogens is 2. The Kier molecular flexibility index (Phi) is 4.36. The molecular formula is C19H22N4O2. The molecule has 0 N–H and O–H groups in total. The fraction of sp³-hybridized carbons (Fsp3) is 0.421. The Hall–Kier alpha value is -2.47. The number of morpholine rings is 1. The third-order valence-electron chi connectivity index (χ3n) is 4.85. The molecule has 1 amide bonds. The van der Waals surface area contributed by atoms with Gasteiger partial charge in [-0.05, 0) is 24.5 Å². The van der Waals surface area contributed by atoms with E-state index >= 15 is 0 Å². The minimum atomic E-state index is -0.443. The third-order valence-corrected chi connectivity index (χ3v) is 4.85. The van der Waals surface area contributed by atoms with Crippen molar-refractivity contribution in [3.8, 4) is 0 Å². The van der Waals surface area contributed by atoms with Crippen molar-refractivity contribution in [1.29, 1.82) is 0 Å².